The van der Waals surface area contributed by atoms with Crippen molar-refractivity contribution in [3.63, 3.8) is 0 Å². The molecule has 2 aromatic heterocycles. The van der Waals surface area contributed by atoms with Gasteiger partial charge in [0.05, 0.1) is 17.8 Å². The number of nitrogens with one attached hydrogen (secondary N) is 1. The molecule has 1 aromatic carbocycles. The van der Waals surface area contributed by atoms with Crippen LogP contribution < -0.4 is 26.6 Å². The Bertz CT molecular complexity index is 1150. The van der Waals surface area contributed by atoms with Crippen molar-refractivity contribution in [3.8, 4) is 5.75 Å². The van der Waals surface area contributed by atoms with Crippen LogP contribution in [0.25, 0.3) is 0 Å². The van der Waals surface area contributed by atoms with Gasteiger partial charge in [0.1, 0.15) is 17.3 Å². The quantitative estimate of drug-likeness (QED) is 0.521. The number of nitrogen functional groups attached to an aromatic ring is 1. The molecule has 0 aliphatic rings. The molecule has 10 heteroatoms. The van der Waals surface area contributed by atoms with Crippen LogP contribution in [-0.2, 0) is 17.9 Å². The van der Waals surface area contributed by atoms with Gasteiger partial charge in [-0.05, 0) is 30.7 Å². The third-order valence-corrected chi connectivity index (χ3v) is 4.91. The van der Waals surface area contributed by atoms with Crippen molar-refractivity contribution in [1.82, 2.24) is 9.55 Å². The first kappa shape index (κ1) is 22.2. The minimum atomic E-state index is -0.770. The Hall–Kier alpha value is -3.46. The summed E-state index contributed by atoms with van der Waals surface area (Å²) in [7, 11) is 0. The number of rotatable bonds is 9. The summed E-state index contributed by atoms with van der Waals surface area (Å²) in [6.45, 7) is 1.80. The number of nitrogens with zero attached hydrogens (tertiary/aromatic N) is 2. The van der Waals surface area contributed by atoms with Crippen molar-refractivity contribution >= 4 is 29.0 Å². The first-order valence-corrected chi connectivity index (χ1v) is 10.1. The van der Waals surface area contributed by atoms with E-state index in [9.17, 15) is 14.4 Å². The Balaban J connectivity index is 1.97. The van der Waals surface area contributed by atoms with Crippen LogP contribution in [0.1, 0.15) is 25.5 Å². The van der Waals surface area contributed by atoms with Crippen LogP contribution in [0.3, 0.4) is 0 Å². The molecule has 0 bridgehead atoms. The minimum Gasteiger partial charge on any atom is -0.482 e. The van der Waals surface area contributed by atoms with E-state index in [0.29, 0.717) is 29.5 Å². The topological polar surface area (TPSA) is 124 Å². The van der Waals surface area contributed by atoms with Gasteiger partial charge in [-0.3, -0.25) is 24.0 Å². The molecule has 1 amide bonds. The molecule has 3 rings (SSSR count). The zero-order valence-corrected chi connectivity index (χ0v) is 17.7. The maximum atomic E-state index is 13.1. The average Bonchev–Trinajstić information content (AvgIpc) is 3.25. The Morgan fingerprint density at radius 3 is 2.71 bits per heavy atom. The van der Waals surface area contributed by atoms with Gasteiger partial charge in [0.25, 0.3) is 11.5 Å². The van der Waals surface area contributed by atoms with E-state index in [-0.39, 0.29) is 18.1 Å². The van der Waals surface area contributed by atoms with Crippen molar-refractivity contribution in [3.05, 3.63) is 74.3 Å². The highest BCUT2D eigenvalue weighted by atomic mass is 35.5. The van der Waals surface area contributed by atoms with E-state index in [0.717, 1.165) is 11.3 Å². The normalized spacial score (nSPS) is 10.8. The fourth-order valence-electron chi connectivity index (χ4n) is 3.01. The van der Waals surface area contributed by atoms with Gasteiger partial charge in [-0.15, -0.1) is 0 Å². The lowest BCUT2D eigenvalue weighted by Gasteiger charge is -2.24. The molecule has 0 aliphatic carbocycles. The van der Waals surface area contributed by atoms with E-state index in [1.807, 2.05) is 6.92 Å². The number of aromatic nitrogens is 2. The Labute approximate surface area is 183 Å². The second-order valence-corrected chi connectivity index (χ2v) is 7.18. The van der Waals surface area contributed by atoms with Crippen LogP contribution in [0.5, 0.6) is 5.75 Å². The number of hydrogen-bond acceptors (Lipinski definition) is 6. The van der Waals surface area contributed by atoms with Crippen molar-refractivity contribution in [2.75, 3.05) is 17.2 Å². The van der Waals surface area contributed by atoms with Gasteiger partial charge in [-0.25, -0.2) is 4.79 Å². The first-order chi connectivity index (χ1) is 14.9. The first-order valence-electron chi connectivity index (χ1n) is 9.75. The molecule has 0 saturated heterocycles. The molecule has 0 aliphatic heterocycles. The number of aromatic amines is 1. The molecule has 0 unspecified atom stereocenters. The van der Waals surface area contributed by atoms with E-state index >= 15 is 0 Å². The molecule has 0 fully saturated rings. The maximum Gasteiger partial charge on any atom is 0.330 e. The Morgan fingerprint density at radius 2 is 2.03 bits per heavy atom. The molecule has 0 saturated carbocycles. The molecule has 3 aromatic rings. The van der Waals surface area contributed by atoms with Crippen molar-refractivity contribution in [2.45, 2.75) is 32.9 Å². The van der Waals surface area contributed by atoms with Gasteiger partial charge in [-0.1, -0.05) is 37.1 Å². The number of halogens is 1. The number of para-hydroxylation sites is 1. The number of amides is 1. The van der Waals surface area contributed by atoms with Gasteiger partial charge >= 0.3 is 5.69 Å². The molecular formula is C21H23ClN4O5. The van der Waals surface area contributed by atoms with E-state index in [1.165, 1.54) is 10.8 Å². The number of carbonyl (C=O) groups excluding carboxylic acids is 1. The summed E-state index contributed by atoms with van der Waals surface area (Å²) in [4.78, 5) is 41.4. The number of hydrogen-bond donors (Lipinski definition) is 2. The number of H-pyrrole nitrogens is 1. The molecule has 3 N–H and O–H groups in total. The molecular weight excluding hydrogens is 424 g/mol. The number of carbonyl (C=O) groups is 1. The molecule has 2 heterocycles. The second-order valence-electron chi connectivity index (χ2n) is 6.78. The highest BCUT2D eigenvalue weighted by molar-refractivity contribution is 6.32. The predicted octanol–water partition coefficient (Wildman–Crippen LogP) is 2.78. The summed E-state index contributed by atoms with van der Waals surface area (Å²) in [5.74, 6) is 0.0931. The van der Waals surface area contributed by atoms with Crippen LogP contribution in [0, 0.1) is 0 Å². The number of benzene rings is 1. The maximum absolute atomic E-state index is 13.1. The number of ether oxygens (including phenoxy) is 1. The van der Waals surface area contributed by atoms with E-state index in [1.54, 1.807) is 36.4 Å². The lowest BCUT2D eigenvalue weighted by molar-refractivity contribution is -0.120. The zero-order chi connectivity index (χ0) is 22.4. The smallest absolute Gasteiger partial charge is 0.330 e. The van der Waals surface area contributed by atoms with Crippen molar-refractivity contribution < 1.29 is 13.9 Å². The highest BCUT2D eigenvalue weighted by Gasteiger charge is 2.26. The van der Waals surface area contributed by atoms with E-state index < -0.39 is 23.8 Å². The fraction of sp³-hybridized carbons (Fsp3) is 0.286. The molecule has 31 heavy (non-hydrogen) atoms. The molecule has 0 spiro atoms. The summed E-state index contributed by atoms with van der Waals surface area (Å²) in [5, 5.41) is 0.346. The van der Waals surface area contributed by atoms with Crippen LogP contribution in [0.4, 0.5) is 11.5 Å². The molecule has 9 nitrogen and oxygen atoms in total. The zero-order valence-electron chi connectivity index (χ0n) is 17.0. The van der Waals surface area contributed by atoms with Gasteiger partial charge in [0, 0.05) is 6.54 Å². The van der Waals surface area contributed by atoms with Gasteiger partial charge in [0.15, 0.2) is 12.3 Å². The summed E-state index contributed by atoms with van der Waals surface area (Å²) in [6.07, 6.45) is 2.95. The number of furan rings is 1. The Morgan fingerprint density at radius 1 is 1.26 bits per heavy atom. The van der Waals surface area contributed by atoms with Crippen LogP contribution in [0.15, 0.2) is 56.7 Å². The highest BCUT2D eigenvalue weighted by Crippen LogP contribution is 2.24. The number of nitrogens with two attached hydrogens (primary N) is 1. The molecule has 0 atom stereocenters. The number of unbranched alkanes of at least 4 members (excludes halogenated alkanes) is 1. The standard InChI is InChI=1S/C21H23ClN4O5/c1-2-3-10-25-19(23)18(20(28)24-21(25)29)26(12-14-7-6-11-30-14)17(27)13-31-16-9-5-4-8-15(16)22/h4-9,11H,2-3,10,12-13,23H2,1H3,(H,24,28,29). The predicted molar refractivity (Wildman–Crippen MR) is 117 cm³/mol. The summed E-state index contributed by atoms with van der Waals surface area (Å²) < 4.78 is 12.1. The lowest BCUT2D eigenvalue weighted by atomic mass is 10.3. The lowest BCUT2D eigenvalue weighted by Crippen LogP contribution is -2.42. The third-order valence-electron chi connectivity index (χ3n) is 4.60. The summed E-state index contributed by atoms with van der Waals surface area (Å²) in [5.41, 5.74) is 4.64. The fourth-order valence-corrected chi connectivity index (χ4v) is 3.20. The van der Waals surface area contributed by atoms with Gasteiger partial charge in [0.2, 0.25) is 0 Å². The van der Waals surface area contributed by atoms with Gasteiger partial charge < -0.3 is 14.9 Å². The van der Waals surface area contributed by atoms with Crippen LogP contribution in [-0.4, -0.2) is 22.1 Å². The molecule has 0 radical (unpaired) electrons. The minimum absolute atomic E-state index is 0.0724. The second kappa shape index (κ2) is 10.0. The summed E-state index contributed by atoms with van der Waals surface area (Å²) in [6, 6.07) is 10.0. The third kappa shape index (κ3) is 5.18. The Kier molecular flexibility index (Phi) is 7.19. The molecule has 164 valence electrons. The SMILES string of the molecule is CCCCn1c(N)c(N(Cc2ccco2)C(=O)COc2ccccc2Cl)c(=O)[nH]c1=O. The van der Waals surface area contributed by atoms with E-state index in [2.05, 4.69) is 4.98 Å². The van der Waals surface area contributed by atoms with Crippen LogP contribution in [0.2, 0.25) is 5.02 Å². The van der Waals surface area contributed by atoms with Crippen LogP contribution >= 0.6 is 11.6 Å². The summed E-state index contributed by atoms with van der Waals surface area (Å²) >= 11 is 6.08. The van der Waals surface area contributed by atoms with Gasteiger partial charge in [-0.2, -0.15) is 0 Å². The number of anilines is 2. The largest absolute Gasteiger partial charge is 0.482 e. The average molecular weight is 447 g/mol. The van der Waals surface area contributed by atoms with Crippen molar-refractivity contribution in [1.29, 1.82) is 0 Å². The van der Waals surface area contributed by atoms with E-state index in [4.69, 9.17) is 26.5 Å². The van der Waals surface area contributed by atoms with Crippen molar-refractivity contribution in [2.24, 2.45) is 0 Å². The monoisotopic (exact) mass is 446 g/mol.